The molecule has 1 nitrogen and oxygen atoms in total. The second-order valence-electron chi connectivity index (χ2n) is 5.87. The minimum Gasteiger partial charge on any atom is -0.316 e. The van der Waals surface area contributed by atoms with E-state index in [9.17, 15) is 0 Å². The van der Waals surface area contributed by atoms with Crippen molar-refractivity contribution in [1.82, 2.24) is 5.32 Å². The summed E-state index contributed by atoms with van der Waals surface area (Å²) in [5, 5.41) is 3.61. The topological polar surface area (TPSA) is 12.0 Å². The summed E-state index contributed by atoms with van der Waals surface area (Å²) in [5.41, 5.74) is 0.464. The minimum absolute atomic E-state index is 0.464. The van der Waals surface area contributed by atoms with Crippen molar-refractivity contribution in [3.05, 3.63) is 0 Å². The second-order valence-corrected chi connectivity index (χ2v) is 5.87. The molecule has 0 aliphatic heterocycles. The molecule has 0 aliphatic rings. The summed E-state index contributed by atoms with van der Waals surface area (Å²) < 4.78 is 0. The van der Waals surface area contributed by atoms with Gasteiger partial charge < -0.3 is 5.32 Å². The molecule has 0 aromatic heterocycles. The summed E-state index contributed by atoms with van der Waals surface area (Å²) in [6.45, 7) is 16.4. The fraction of sp³-hybridized carbons (Fsp3) is 1.00. The van der Waals surface area contributed by atoms with E-state index < -0.39 is 0 Å². The fourth-order valence-electron chi connectivity index (χ4n) is 2.30. The Bertz CT molecular complexity index is 161. The summed E-state index contributed by atoms with van der Waals surface area (Å²) in [7, 11) is 0. The lowest BCUT2D eigenvalue weighted by molar-refractivity contribution is 0.153. The Labute approximate surface area is 103 Å². The van der Waals surface area contributed by atoms with Crippen LogP contribution in [0.5, 0.6) is 0 Å². The van der Waals surface area contributed by atoms with E-state index in [-0.39, 0.29) is 0 Å². The maximum Gasteiger partial charge on any atom is 0.000771 e. The predicted molar refractivity (Wildman–Crippen MR) is 74.8 cm³/mol. The van der Waals surface area contributed by atoms with Gasteiger partial charge in [0.15, 0.2) is 0 Å². The van der Waals surface area contributed by atoms with E-state index in [1.807, 2.05) is 0 Å². The van der Waals surface area contributed by atoms with E-state index in [0.717, 1.165) is 18.4 Å². The van der Waals surface area contributed by atoms with Crippen LogP contribution in [0.3, 0.4) is 0 Å². The molecule has 0 spiro atoms. The highest BCUT2D eigenvalue weighted by Crippen LogP contribution is 2.35. The monoisotopic (exact) mass is 227 g/mol. The third-order valence-electron chi connectivity index (χ3n) is 4.26. The first-order chi connectivity index (χ1) is 7.50. The molecule has 0 saturated heterocycles. The molecule has 0 radical (unpaired) electrons. The lowest BCUT2D eigenvalue weighted by atomic mass is 9.71. The summed E-state index contributed by atoms with van der Waals surface area (Å²) in [6, 6.07) is 0. The van der Waals surface area contributed by atoms with E-state index in [4.69, 9.17) is 0 Å². The van der Waals surface area contributed by atoms with Gasteiger partial charge in [-0.3, -0.25) is 0 Å². The first-order valence-electron chi connectivity index (χ1n) is 7.20. The zero-order chi connectivity index (χ0) is 12.6. The maximum absolute atomic E-state index is 3.61. The van der Waals surface area contributed by atoms with Crippen LogP contribution < -0.4 is 5.32 Å². The van der Waals surface area contributed by atoms with Gasteiger partial charge in [-0.2, -0.15) is 0 Å². The standard InChI is InChI=1S/C15H33N/c1-7-10-16-12-15(6,13(4)5)11-14(8-2)9-3/h13-14,16H,7-12H2,1-6H3. The summed E-state index contributed by atoms with van der Waals surface area (Å²) >= 11 is 0. The van der Waals surface area contributed by atoms with Crippen LogP contribution >= 0.6 is 0 Å². The fourth-order valence-corrected chi connectivity index (χ4v) is 2.30. The number of hydrogen-bond donors (Lipinski definition) is 1. The van der Waals surface area contributed by atoms with Crippen LogP contribution in [-0.4, -0.2) is 13.1 Å². The van der Waals surface area contributed by atoms with Gasteiger partial charge >= 0.3 is 0 Å². The Morgan fingerprint density at radius 3 is 2.00 bits per heavy atom. The molecule has 0 heterocycles. The van der Waals surface area contributed by atoms with Crippen molar-refractivity contribution in [3.63, 3.8) is 0 Å². The van der Waals surface area contributed by atoms with Crippen molar-refractivity contribution in [2.75, 3.05) is 13.1 Å². The molecule has 0 rings (SSSR count). The SMILES string of the molecule is CCCNCC(C)(CC(CC)CC)C(C)C. The van der Waals surface area contributed by atoms with Crippen molar-refractivity contribution in [2.45, 2.75) is 67.2 Å². The molecule has 0 aliphatic carbocycles. The smallest absolute Gasteiger partial charge is 0.000771 e. The van der Waals surface area contributed by atoms with Gasteiger partial charge in [0.25, 0.3) is 0 Å². The average molecular weight is 227 g/mol. The van der Waals surface area contributed by atoms with E-state index in [1.54, 1.807) is 0 Å². The Balaban J connectivity index is 4.31. The molecule has 0 fully saturated rings. The second kappa shape index (κ2) is 8.11. The lowest BCUT2D eigenvalue weighted by Gasteiger charge is -2.37. The van der Waals surface area contributed by atoms with E-state index in [1.165, 1.54) is 32.2 Å². The first kappa shape index (κ1) is 16.0. The van der Waals surface area contributed by atoms with E-state index >= 15 is 0 Å². The zero-order valence-corrected chi connectivity index (χ0v) is 12.4. The molecule has 1 heteroatoms. The van der Waals surface area contributed by atoms with Crippen molar-refractivity contribution < 1.29 is 0 Å². The van der Waals surface area contributed by atoms with Crippen LogP contribution in [0.15, 0.2) is 0 Å². The van der Waals surface area contributed by atoms with Gasteiger partial charge in [0.05, 0.1) is 0 Å². The molecule has 0 aromatic rings. The summed E-state index contributed by atoms with van der Waals surface area (Å²) in [5.74, 6) is 1.66. The normalized spacial score (nSPS) is 15.8. The number of rotatable bonds is 9. The molecule has 0 saturated carbocycles. The third kappa shape index (κ3) is 5.34. The van der Waals surface area contributed by atoms with Crippen LogP contribution in [0.1, 0.15) is 67.2 Å². The highest BCUT2D eigenvalue weighted by atomic mass is 14.9. The molecule has 1 atom stereocenters. The Morgan fingerprint density at radius 2 is 1.62 bits per heavy atom. The summed E-state index contributed by atoms with van der Waals surface area (Å²) in [4.78, 5) is 0. The maximum atomic E-state index is 3.61. The molecule has 98 valence electrons. The van der Waals surface area contributed by atoms with Crippen molar-refractivity contribution in [3.8, 4) is 0 Å². The highest BCUT2D eigenvalue weighted by molar-refractivity contribution is 4.82. The minimum atomic E-state index is 0.464. The third-order valence-corrected chi connectivity index (χ3v) is 4.26. The van der Waals surface area contributed by atoms with Crippen LogP contribution in [0.25, 0.3) is 0 Å². The Kier molecular flexibility index (Phi) is 8.09. The largest absolute Gasteiger partial charge is 0.316 e. The number of nitrogens with one attached hydrogen (secondary N) is 1. The quantitative estimate of drug-likeness (QED) is 0.573. The molecule has 0 amide bonds. The predicted octanol–water partition coefficient (Wildman–Crippen LogP) is 4.47. The highest BCUT2D eigenvalue weighted by Gasteiger charge is 2.29. The van der Waals surface area contributed by atoms with Gasteiger partial charge in [0.2, 0.25) is 0 Å². The average Bonchev–Trinajstić information content (AvgIpc) is 2.26. The summed E-state index contributed by atoms with van der Waals surface area (Å²) in [6.07, 6.45) is 5.26. The van der Waals surface area contributed by atoms with Crippen LogP contribution in [0.4, 0.5) is 0 Å². The molecular weight excluding hydrogens is 194 g/mol. The molecule has 0 aromatic carbocycles. The van der Waals surface area contributed by atoms with Crippen LogP contribution in [0, 0.1) is 17.3 Å². The Morgan fingerprint density at radius 1 is 1.06 bits per heavy atom. The van der Waals surface area contributed by atoms with Crippen molar-refractivity contribution >= 4 is 0 Å². The van der Waals surface area contributed by atoms with E-state index in [2.05, 4.69) is 46.9 Å². The van der Waals surface area contributed by atoms with Gasteiger partial charge in [-0.1, -0.05) is 54.4 Å². The van der Waals surface area contributed by atoms with Gasteiger partial charge in [-0.15, -0.1) is 0 Å². The van der Waals surface area contributed by atoms with Gasteiger partial charge in [-0.05, 0) is 36.6 Å². The molecule has 16 heavy (non-hydrogen) atoms. The van der Waals surface area contributed by atoms with Crippen LogP contribution in [-0.2, 0) is 0 Å². The molecule has 1 unspecified atom stereocenters. The van der Waals surface area contributed by atoms with Crippen molar-refractivity contribution in [2.24, 2.45) is 17.3 Å². The Hall–Kier alpha value is -0.0400. The number of hydrogen-bond acceptors (Lipinski definition) is 1. The molecular formula is C15H33N. The molecule has 1 N–H and O–H groups in total. The zero-order valence-electron chi connectivity index (χ0n) is 12.4. The first-order valence-corrected chi connectivity index (χ1v) is 7.20. The van der Waals surface area contributed by atoms with Crippen molar-refractivity contribution in [1.29, 1.82) is 0 Å². The van der Waals surface area contributed by atoms with E-state index in [0.29, 0.717) is 5.41 Å². The lowest BCUT2D eigenvalue weighted by Crippen LogP contribution is -2.38. The van der Waals surface area contributed by atoms with Gasteiger partial charge in [-0.25, -0.2) is 0 Å². The molecule has 0 bridgehead atoms. The van der Waals surface area contributed by atoms with Gasteiger partial charge in [0, 0.05) is 6.54 Å². The van der Waals surface area contributed by atoms with Gasteiger partial charge in [0.1, 0.15) is 0 Å². The van der Waals surface area contributed by atoms with Crippen LogP contribution in [0.2, 0.25) is 0 Å².